The fourth-order valence-corrected chi connectivity index (χ4v) is 9.44. The molecule has 2 rings (SSSR count). The minimum Gasteiger partial charge on any atom is -0.465 e. The zero-order chi connectivity index (χ0) is 39.1. The van der Waals surface area contributed by atoms with Crippen LogP contribution in [0.5, 0.6) is 0 Å². The molecule has 0 aromatic heterocycles. The largest absolute Gasteiger partial charge is 0.465 e. The number of carbonyl (C=O) groups is 2. The lowest BCUT2D eigenvalue weighted by molar-refractivity contribution is -0.150. The summed E-state index contributed by atoms with van der Waals surface area (Å²) in [5.74, 6) is 2.23. The van der Waals surface area contributed by atoms with Crippen molar-refractivity contribution in [1.29, 1.82) is 0 Å². The van der Waals surface area contributed by atoms with Gasteiger partial charge >= 0.3 is 11.9 Å². The van der Waals surface area contributed by atoms with Crippen LogP contribution in [0.25, 0.3) is 0 Å². The molecule has 0 amide bonds. The standard InChI is InChI=1S/C48H91NO5S/c50-40-44-55-43-39-49(37-29-21-23-31-41-53-47(51)45-33-25-17-13-9-5-1-2-6-10-14-18-26-34-45)38-30-22-24-32-42-54-48(52)46-35-27-19-15-11-7-3-4-8-12-16-20-28-36-46/h45-46,50H,1-44H2. The van der Waals surface area contributed by atoms with E-state index >= 15 is 0 Å². The number of aliphatic hydroxyl groups is 1. The van der Waals surface area contributed by atoms with Gasteiger partial charge in [0.2, 0.25) is 0 Å². The number of rotatable bonds is 21. The van der Waals surface area contributed by atoms with Crippen LogP contribution in [-0.4, -0.2) is 72.9 Å². The van der Waals surface area contributed by atoms with Gasteiger partial charge in [-0.3, -0.25) is 9.59 Å². The monoisotopic (exact) mass is 794 g/mol. The van der Waals surface area contributed by atoms with Crippen molar-refractivity contribution in [3.05, 3.63) is 0 Å². The van der Waals surface area contributed by atoms with Crippen LogP contribution in [0.15, 0.2) is 0 Å². The average molecular weight is 794 g/mol. The summed E-state index contributed by atoms with van der Waals surface area (Å²) in [5.41, 5.74) is 0. The number of ether oxygens (including phenoxy) is 2. The summed E-state index contributed by atoms with van der Waals surface area (Å²) < 4.78 is 11.7. The highest BCUT2D eigenvalue weighted by atomic mass is 32.2. The zero-order valence-corrected chi connectivity index (χ0v) is 37.0. The van der Waals surface area contributed by atoms with Crippen molar-refractivity contribution in [1.82, 2.24) is 4.90 Å². The molecule has 0 aromatic rings. The van der Waals surface area contributed by atoms with Gasteiger partial charge in [0.1, 0.15) is 0 Å². The van der Waals surface area contributed by atoms with Crippen molar-refractivity contribution in [2.45, 2.75) is 231 Å². The average Bonchev–Trinajstić information content (AvgIpc) is 3.21. The molecular weight excluding hydrogens is 703 g/mol. The summed E-state index contributed by atoms with van der Waals surface area (Å²) in [4.78, 5) is 28.6. The van der Waals surface area contributed by atoms with E-state index in [1.807, 2.05) is 11.8 Å². The molecule has 0 aromatic carbocycles. The molecule has 0 unspecified atom stereocenters. The number of hydrogen-bond donors (Lipinski definition) is 1. The number of thioether (sulfide) groups is 1. The molecule has 0 bridgehead atoms. The first-order chi connectivity index (χ1) is 27.2. The Balaban J connectivity index is 1.59. The van der Waals surface area contributed by atoms with E-state index in [4.69, 9.17) is 9.47 Å². The number of hydrogen-bond acceptors (Lipinski definition) is 7. The smallest absolute Gasteiger partial charge is 0.308 e. The van der Waals surface area contributed by atoms with E-state index in [0.29, 0.717) is 13.2 Å². The van der Waals surface area contributed by atoms with Gasteiger partial charge in [-0.25, -0.2) is 0 Å². The van der Waals surface area contributed by atoms with Gasteiger partial charge in [0.15, 0.2) is 0 Å². The Labute approximate surface area is 345 Å². The molecule has 0 spiro atoms. The maximum absolute atomic E-state index is 13.0. The quantitative estimate of drug-likeness (QED) is 0.0916. The predicted molar refractivity (Wildman–Crippen MR) is 236 cm³/mol. The van der Waals surface area contributed by atoms with Gasteiger partial charge in [0.25, 0.3) is 0 Å². The summed E-state index contributed by atoms with van der Waals surface area (Å²) in [7, 11) is 0. The highest BCUT2D eigenvalue weighted by molar-refractivity contribution is 7.99. The number of aliphatic hydroxyl groups excluding tert-OH is 1. The molecule has 1 N–H and O–H groups in total. The normalized spacial score (nSPS) is 19.5. The molecule has 2 aliphatic carbocycles. The molecule has 2 aliphatic rings. The molecule has 2 fully saturated rings. The van der Waals surface area contributed by atoms with Crippen LogP contribution in [-0.2, 0) is 19.1 Å². The third-order valence-electron chi connectivity index (χ3n) is 12.4. The third-order valence-corrected chi connectivity index (χ3v) is 13.3. The first kappa shape index (κ1) is 50.4. The molecule has 0 radical (unpaired) electrons. The zero-order valence-electron chi connectivity index (χ0n) is 36.2. The molecule has 55 heavy (non-hydrogen) atoms. The topological polar surface area (TPSA) is 76.1 Å². The van der Waals surface area contributed by atoms with Crippen molar-refractivity contribution in [3.8, 4) is 0 Å². The van der Waals surface area contributed by atoms with E-state index in [-0.39, 0.29) is 30.4 Å². The number of esters is 2. The van der Waals surface area contributed by atoms with Crippen molar-refractivity contribution in [2.24, 2.45) is 11.8 Å². The van der Waals surface area contributed by atoms with Crippen molar-refractivity contribution in [2.75, 3.05) is 51.0 Å². The van der Waals surface area contributed by atoms with Crippen molar-refractivity contribution >= 4 is 23.7 Å². The predicted octanol–water partition coefficient (Wildman–Crippen LogP) is 13.4. The molecule has 0 aliphatic heterocycles. The van der Waals surface area contributed by atoms with Gasteiger partial charge in [0.05, 0.1) is 31.7 Å². The van der Waals surface area contributed by atoms with Crippen LogP contribution in [0.4, 0.5) is 0 Å². The van der Waals surface area contributed by atoms with Gasteiger partial charge < -0.3 is 19.5 Å². The van der Waals surface area contributed by atoms with Crippen LogP contribution >= 0.6 is 11.8 Å². The van der Waals surface area contributed by atoms with Gasteiger partial charge in [0, 0.05) is 18.1 Å². The minimum absolute atomic E-state index is 0.0706. The Hall–Kier alpha value is -0.790. The molecule has 0 heterocycles. The first-order valence-electron chi connectivity index (χ1n) is 24.4. The molecule has 6 nitrogen and oxygen atoms in total. The lowest BCUT2D eigenvalue weighted by Gasteiger charge is -2.22. The van der Waals surface area contributed by atoms with Crippen LogP contribution in [0.2, 0.25) is 0 Å². The van der Waals surface area contributed by atoms with Gasteiger partial charge in [-0.2, -0.15) is 11.8 Å². The van der Waals surface area contributed by atoms with Crippen molar-refractivity contribution in [3.63, 3.8) is 0 Å². The second-order valence-electron chi connectivity index (χ2n) is 17.4. The lowest BCUT2D eigenvalue weighted by Crippen LogP contribution is -2.28. The number of carbonyl (C=O) groups excluding carboxylic acids is 2. The van der Waals surface area contributed by atoms with Gasteiger partial charge in [-0.1, -0.05) is 180 Å². The van der Waals surface area contributed by atoms with Crippen LogP contribution in [0, 0.1) is 11.8 Å². The highest BCUT2D eigenvalue weighted by Gasteiger charge is 2.20. The van der Waals surface area contributed by atoms with E-state index in [1.165, 1.54) is 180 Å². The second kappa shape index (κ2) is 38.7. The number of nitrogens with zero attached hydrogens (tertiary/aromatic N) is 1. The Bertz CT molecular complexity index is 764. The van der Waals surface area contributed by atoms with Crippen molar-refractivity contribution < 1.29 is 24.2 Å². The maximum Gasteiger partial charge on any atom is 0.308 e. The van der Waals surface area contributed by atoms with Crippen LogP contribution in [0.3, 0.4) is 0 Å². The minimum atomic E-state index is 0.0706. The Morgan fingerprint density at radius 1 is 0.418 bits per heavy atom. The summed E-state index contributed by atoms with van der Waals surface area (Å²) in [6.07, 6.45) is 44.5. The third kappa shape index (κ3) is 30.9. The maximum atomic E-state index is 13.0. The highest BCUT2D eigenvalue weighted by Crippen LogP contribution is 2.24. The first-order valence-corrected chi connectivity index (χ1v) is 25.6. The summed E-state index contributed by atoms with van der Waals surface area (Å²) in [5, 5.41) is 9.22. The van der Waals surface area contributed by atoms with E-state index in [9.17, 15) is 14.7 Å². The SMILES string of the molecule is O=C(OCCCCCCN(CCCCCCOC(=O)C1CCCCCCCCCCCCCC1)CCSCCO)C1CCCCCCCCCCCCCC1. The van der Waals surface area contributed by atoms with E-state index in [0.717, 1.165) is 82.5 Å². The Morgan fingerprint density at radius 2 is 0.727 bits per heavy atom. The van der Waals surface area contributed by atoms with E-state index in [2.05, 4.69) is 4.90 Å². The molecule has 7 heteroatoms. The molecule has 0 saturated heterocycles. The molecule has 324 valence electrons. The second-order valence-corrected chi connectivity index (χ2v) is 18.6. The molecule has 0 atom stereocenters. The lowest BCUT2D eigenvalue weighted by atomic mass is 9.94. The fraction of sp³-hybridized carbons (Fsp3) is 0.958. The van der Waals surface area contributed by atoms with E-state index in [1.54, 1.807) is 0 Å². The molecular formula is C48H91NO5S. The van der Waals surface area contributed by atoms with Gasteiger partial charge in [-0.05, 0) is 64.5 Å². The van der Waals surface area contributed by atoms with Crippen LogP contribution < -0.4 is 0 Å². The van der Waals surface area contributed by atoms with E-state index < -0.39 is 0 Å². The Kier molecular flexibility index (Phi) is 35.4. The summed E-state index contributed by atoms with van der Waals surface area (Å²) in [6, 6.07) is 0. The summed E-state index contributed by atoms with van der Waals surface area (Å²) in [6.45, 7) is 4.70. The van der Waals surface area contributed by atoms with Crippen LogP contribution in [0.1, 0.15) is 231 Å². The fourth-order valence-electron chi connectivity index (χ4n) is 8.72. The van der Waals surface area contributed by atoms with Gasteiger partial charge in [-0.15, -0.1) is 0 Å². The number of unbranched alkanes of at least 4 members (excludes halogenated alkanes) is 6. The molecule has 2 saturated carbocycles. The summed E-state index contributed by atoms with van der Waals surface area (Å²) >= 11 is 1.84. The Morgan fingerprint density at radius 3 is 1.05 bits per heavy atom.